The molecule has 152 valence electrons. The van der Waals surface area contributed by atoms with Crippen molar-refractivity contribution in [3.63, 3.8) is 0 Å². The van der Waals surface area contributed by atoms with Crippen LogP contribution in [0, 0.1) is 0 Å². The van der Waals surface area contributed by atoms with Crippen LogP contribution in [0.1, 0.15) is 28.1 Å². The molecular weight excluding hydrogens is 400 g/mol. The highest BCUT2D eigenvalue weighted by atomic mass is 32.2. The van der Waals surface area contributed by atoms with E-state index in [9.17, 15) is 14.4 Å². The summed E-state index contributed by atoms with van der Waals surface area (Å²) in [6.07, 6.45) is 0. The van der Waals surface area contributed by atoms with Crippen LogP contribution in [0.3, 0.4) is 0 Å². The van der Waals surface area contributed by atoms with Crippen LogP contribution in [-0.4, -0.2) is 22.9 Å². The lowest BCUT2D eigenvalue weighted by Gasteiger charge is -2.18. The van der Waals surface area contributed by atoms with Crippen LogP contribution >= 0.6 is 11.8 Å². The van der Waals surface area contributed by atoms with E-state index in [1.807, 2.05) is 48.5 Å². The third-order valence-electron chi connectivity index (χ3n) is 4.15. The lowest BCUT2D eigenvalue weighted by molar-refractivity contribution is -0.116. The molecule has 0 heterocycles. The molecule has 0 spiro atoms. The number of carboxylic acids is 1. The van der Waals surface area contributed by atoms with Gasteiger partial charge in [0, 0.05) is 23.2 Å². The van der Waals surface area contributed by atoms with Crippen molar-refractivity contribution in [3.8, 4) is 0 Å². The second kappa shape index (κ2) is 9.76. The zero-order chi connectivity index (χ0) is 21.5. The van der Waals surface area contributed by atoms with Gasteiger partial charge in [0.05, 0.1) is 5.56 Å². The fourth-order valence-electron chi connectivity index (χ4n) is 2.79. The highest BCUT2D eigenvalue weighted by Crippen LogP contribution is 2.37. The maximum Gasteiger partial charge on any atom is 0.335 e. The van der Waals surface area contributed by atoms with Crippen molar-refractivity contribution in [1.29, 1.82) is 0 Å². The van der Waals surface area contributed by atoms with E-state index in [0.717, 1.165) is 10.5 Å². The van der Waals surface area contributed by atoms with E-state index >= 15 is 0 Å². The van der Waals surface area contributed by atoms with Gasteiger partial charge in [0.25, 0.3) is 0 Å². The molecular formula is C23H20N2O4S. The minimum absolute atomic E-state index is 0.150. The van der Waals surface area contributed by atoms with E-state index in [1.54, 1.807) is 18.2 Å². The molecule has 0 aliphatic rings. The van der Waals surface area contributed by atoms with Gasteiger partial charge in [-0.2, -0.15) is 0 Å². The Kier molecular flexibility index (Phi) is 6.87. The first kappa shape index (κ1) is 21.1. The molecule has 1 atom stereocenters. The van der Waals surface area contributed by atoms with Crippen LogP contribution in [0.25, 0.3) is 0 Å². The van der Waals surface area contributed by atoms with Gasteiger partial charge in [0.15, 0.2) is 0 Å². The molecule has 0 fully saturated rings. The SMILES string of the molecule is CC(=O)Nc1cccc(SC(C(=O)Nc2ccc(C(=O)O)cc2)c2ccccc2)c1. The molecule has 30 heavy (non-hydrogen) atoms. The maximum absolute atomic E-state index is 13.1. The second-order valence-corrected chi connectivity index (χ2v) is 7.67. The summed E-state index contributed by atoms with van der Waals surface area (Å²) < 4.78 is 0. The lowest BCUT2D eigenvalue weighted by Crippen LogP contribution is -2.19. The first-order chi connectivity index (χ1) is 14.4. The van der Waals surface area contributed by atoms with Crippen LogP contribution in [0.5, 0.6) is 0 Å². The third kappa shape index (κ3) is 5.71. The van der Waals surface area contributed by atoms with E-state index in [0.29, 0.717) is 11.4 Å². The Hall–Kier alpha value is -3.58. The number of nitrogens with one attached hydrogen (secondary N) is 2. The van der Waals surface area contributed by atoms with Crippen LogP contribution in [0.4, 0.5) is 11.4 Å². The molecule has 0 saturated heterocycles. The van der Waals surface area contributed by atoms with Gasteiger partial charge in [-0.3, -0.25) is 9.59 Å². The molecule has 0 aliphatic heterocycles. The summed E-state index contributed by atoms with van der Waals surface area (Å²) in [5, 5.41) is 14.1. The summed E-state index contributed by atoms with van der Waals surface area (Å²) >= 11 is 1.36. The quantitative estimate of drug-likeness (QED) is 0.477. The number of carbonyl (C=O) groups is 3. The number of thioether (sulfide) groups is 1. The first-order valence-corrected chi connectivity index (χ1v) is 10.0. The lowest BCUT2D eigenvalue weighted by atomic mass is 10.1. The third-order valence-corrected chi connectivity index (χ3v) is 5.40. The van der Waals surface area contributed by atoms with E-state index < -0.39 is 11.2 Å². The molecule has 0 saturated carbocycles. The number of carboxylic acid groups (broad SMARTS) is 1. The van der Waals surface area contributed by atoms with Crippen molar-refractivity contribution < 1.29 is 19.5 Å². The predicted molar refractivity (Wildman–Crippen MR) is 118 cm³/mol. The highest BCUT2D eigenvalue weighted by molar-refractivity contribution is 8.00. The van der Waals surface area contributed by atoms with Crippen molar-refractivity contribution in [2.24, 2.45) is 0 Å². The van der Waals surface area contributed by atoms with Crippen LogP contribution in [0.15, 0.2) is 83.8 Å². The van der Waals surface area contributed by atoms with Gasteiger partial charge >= 0.3 is 5.97 Å². The zero-order valence-electron chi connectivity index (χ0n) is 16.2. The Bertz CT molecular complexity index is 1050. The molecule has 0 bridgehead atoms. The molecule has 6 nitrogen and oxygen atoms in total. The van der Waals surface area contributed by atoms with Crippen molar-refractivity contribution in [2.45, 2.75) is 17.1 Å². The molecule has 3 aromatic rings. The van der Waals surface area contributed by atoms with Crippen LogP contribution < -0.4 is 10.6 Å². The smallest absolute Gasteiger partial charge is 0.335 e. The molecule has 0 aromatic heterocycles. The van der Waals surface area contributed by atoms with Gasteiger partial charge < -0.3 is 15.7 Å². The Morgan fingerprint density at radius 3 is 2.17 bits per heavy atom. The van der Waals surface area contributed by atoms with Crippen molar-refractivity contribution in [3.05, 3.63) is 90.0 Å². The molecule has 3 aromatic carbocycles. The van der Waals surface area contributed by atoms with E-state index in [4.69, 9.17) is 5.11 Å². The summed E-state index contributed by atoms with van der Waals surface area (Å²) in [6.45, 7) is 1.44. The van der Waals surface area contributed by atoms with Crippen molar-refractivity contribution in [2.75, 3.05) is 10.6 Å². The van der Waals surface area contributed by atoms with E-state index in [2.05, 4.69) is 10.6 Å². The Morgan fingerprint density at radius 2 is 1.53 bits per heavy atom. The Balaban J connectivity index is 1.83. The maximum atomic E-state index is 13.1. The monoisotopic (exact) mass is 420 g/mol. The highest BCUT2D eigenvalue weighted by Gasteiger charge is 2.22. The van der Waals surface area contributed by atoms with Gasteiger partial charge in [0.2, 0.25) is 11.8 Å². The number of carbonyl (C=O) groups excluding carboxylic acids is 2. The topological polar surface area (TPSA) is 95.5 Å². The van der Waals surface area contributed by atoms with Gasteiger partial charge in [-0.05, 0) is 48.0 Å². The summed E-state index contributed by atoms with van der Waals surface area (Å²) in [6, 6.07) is 22.7. The van der Waals surface area contributed by atoms with E-state index in [-0.39, 0.29) is 17.4 Å². The standard InChI is InChI=1S/C23H20N2O4S/c1-15(26)24-19-8-5-9-20(14-19)30-21(16-6-3-2-4-7-16)22(27)25-18-12-10-17(11-13-18)23(28)29/h2-14,21H,1H3,(H,24,26)(H,25,27)(H,28,29). The Labute approximate surface area is 178 Å². The summed E-state index contributed by atoms with van der Waals surface area (Å²) in [5.74, 6) is -1.43. The largest absolute Gasteiger partial charge is 0.478 e. The van der Waals surface area contributed by atoms with Crippen molar-refractivity contribution in [1.82, 2.24) is 0 Å². The molecule has 2 amide bonds. The van der Waals surface area contributed by atoms with Crippen LogP contribution in [0.2, 0.25) is 0 Å². The number of rotatable bonds is 7. The van der Waals surface area contributed by atoms with Gasteiger partial charge in [0.1, 0.15) is 5.25 Å². The van der Waals surface area contributed by atoms with E-state index in [1.165, 1.54) is 30.8 Å². The van der Waals surface area contributed by atoms with Crippen LogP contribution in [-0.2, 0) is 9.59 Å². The number of benzene rings is 3. The number of hydrogen-bond donors (Lipinski definition) is 3. The molecule has 0 radical (unpaired) electrons. The zero-order valence-corrected chi connectivity index (χ0v) is 17.0. The predicted octanol–water partition coefficient (Wildman–Crippen LogP) is 4.82. The fourth-order valence-corrected chi connectivity index (χ4v) is 3.87. The molecule has 7 heteroatoms. The van der Waals surface area contributed by atoms with Gasteiger partial charge in [-0.25, -0.2) is 4.79 Å². The minimum atomic E-state index is -1.02. The summed E-state index contributed by atoms with van der Waals surface area (Å²) in [5.41, 5.74) is 2.14. The second-order valence-electron chi connectivity index (χ2n) is 6.49. The number of anilines is 2. The average Bonchev–Trinajstić information content (AvgIpc) is 2.73. The van der Waals surface area contributed by atoms with Gasteiger partial charge in [-0.1, -0.05) is 36.4 Å². The van der Waals surface area contributed by atoms with Crippen molar-refractivity contribution >= 4 is 40.9 Å². The Morgan fingerprint density at radius 1 is 0.833 bits per heavy atom. The normalized spacial score (nSPS) is 11.4. The number of hydrogen-bond acceptors (Lipinski definition) is 4. The van der Waals surface area contributed by atoms with Gasteiger partial charge in [-0.15, -0.1) is 11.8 Å². The molecule has 3 N–H and O–H groups in total. The molecule has 3 rings (SSSR count). The molecule has 0 aliphatic carbocycles. The number of amides is 2. The first-order valence-electron chi connectivity index (χ1n) is 9.16. The molecule has 1 unspecified atom stereocenters. The number of aromatic carboxylic acids is 1. The summed E-state index contributed by atoms with van der Waals surface area (Å²) in [4.78, 5) is 36.2. The fraction of sp³-hybridized carbons (Fsp3) is 0.0870. The summed E-state index contributed by atoms with van der Waals surface area (Å²) in [7, 11) is 0. The minimum Gasteiger partial charge on any atom is -0.478 e. The average molecular weight is 420 g/mol.